The molecular weight excluding hydrogens is 651 g/mol. The fourth-order valence-corrected chi connectivity index (χ4v) is 7.03. The van der Waals surface area contributed by atoms with E-state index < -0.39 is 9.84 Å². The number of carbonyl (C=O) groups excluding carboxylic acids is 1. The van der Waals surface area contributed by atoms with Crippen LogP contribution in [-0.4, -0.2) is 104 Å². The molecule has 0 amide bonds. The largest absolute Gasteiger partial charge is 0.469 e. The molecule has 11 nitrogen and oxygen atoms in total. The zero-order valence-electron chi connectivity index (χ0n) is 26.2. The smallest absolute Gasteiger partial charge is 0.305 e. The molecule has 46 heavy (non-hydrogen) atoms. The van der Waals surface area contributed by atoms with Crippen LogP contribution in [0.15, 0.2) is 42.7 Å². The van der Waals surface area contributed by atoms with Crippen LogP contribution in [0.1, 0.15) is 31.2 Å². The summed E-state index contributed by atoms with van der Waals surface area (Å²) >= 11 is 12.6. The number of methoxy groups -OCH3 is 1. The average molecular weight is 692 g/mol. The normalized spacial score (nSPS) is 16.8. The SMILES string of the molecule is COC(=O)CC1CCN(Cc2cc(Oc3cnc(N4CCN(CCCS(C)(=O)=O)CC4)nc3)nc(-c3cc(Cl)cc(Cl)c3)c2)CC1. The van der Waals surface area contributed by atoms with Crippen molar-refractivity contribution in [3.05, 3.63) is 58.3 Å². The summed E-state index contributed by atoms with van der Waals surface area (Å²) in [5.41, 5.74) is 2.49. The lowest BCUT2D eigenvalue weighted by Crippen LogP contribution is -2.47. The molecule has 248 valence electrons. The van der Waals surface area contributed by atoms with Crippen molar-refractivity contribution in [1.29, 1.82) is 0 Å². The van der Waals surface area contributed by atoms with Crippen molar-refractivity contribution >= 4 is 45.0 Å². The fraction of sp³-hybridized carbons (Fsp3) is 0.500. The van der Waals surface area contributed by atoms with Crippen LogP contribution in [0.2, 0.25) is 10.0 Å². The summed E-state index contributed by atoms with van der Waals surface area (Å²) in [4.78, 5) is 32.4. The number of likely N-dealkylation sites (tertiary alicyclic amines) is 1. The molecule has 2 saturated heterocycles. The Bertz CT molecular complexity index is 1570. The molecule has 0 unspecified atom stereocenters. The minimum Gasteiger partial charge on any atom is -0.469 e. The highest BCUT2D eigenvalue weighted by atomic mass is 35.5. The Hall–Kier alpha value is -3.03. The highest BCUT2D eigenvalue weighted by Gasteiger charge is 2.23. The van der Waals surface area contributed by atoms with Gasteiger partial charge in [0.25, 0.3) is 0 Å². The quantitative estimate of drug-likeness (QED) is 0.240. The van der Waals surface area contributed by atoms with Crippen LogP contribution >= 0.6 is 23.2 Å². The first-order valence-corrected chi connectivity index (χ1v) is 18.3. The third-order valence-electron chi connectivity index (χ3n) is 8.30. The topological polar surface area (TPSA) is 118 Å². The van der Waals surface area contributed by atoms with Crippen molar-refractivity contribution in [2.24, 2.45) is 5.92 Å². The number of rotatable bonds is 12. The van der Waals surface area contributed by atoms with Crippen LogP contribution < -0.4 is 9.64 Å². The van der Waals surface area contributed by atoms with Crippen LogP contribution in [0.3, 0.4) is 0 Å². The van der Waals surface area contributed by atoms with Gasteiger partial charge >= 0.3 is 5.97 Å². The van der Waals surface area contributed by atoms with E-state index in [2.05, 4.69) is 24.7 Å². The van der Waals surface area contributed by atoms with E-state index in [9.17, 15) is 13.2 Å². The van der Waals surface area contributed by atoms with Crippen molar-refractivity contribution in [3.8, 4) is 22.9 Å². The molecule has 2 fully saturated rings. The van der Waals surface area contributed by atoms with Gasteiger partial charge in [-0.2, -0.15) is 0 Å². The van der Waals surface area contributed by atoms with E-state index >= 15 is 0 Å². The fourth-order valence-electron chi connectivity index (χ4n) is 5.85. The number of halogens is 2. The monoisotopic (exact) mass is 690 g/mol. The van der Waals surface area contributed by atoms with Gasteiger partial charge in [-0.15, -0.1) is 0 Å². The molecule has 4 heterocycles. The number of piperazine rings is 1. The molecule has 3 aromatic rings. The number of hydrogen-bond donors (Lipinski definition) is 0. The Morgan fingerprint density at radius 1 is 0.935 bits per heavy atom. The highest BCUT2D eigenvalue weighted by Crippen LogP contribution is 2.31. The zero-order chi connectivity index (χ0) is 32.7. The third kappa shape index (κ3) is 10.2. The van der Waals surface area contributed by atoms with Crippen molar-refractivity contribution in [2.45, 2.75) is 32.2 Å². The summed E-state index contributed by atoms with van der Waals surface area (Å²) < 4.78 is 33.9. The predicted molar refractivity (Wildman–Crippen MR) is 179 cm³/mol. The Kier molecular flexibility index (Phi) is 11.7. The van der Waals surface area contributed by atoms with E-state index in [0.717, 1.165) is 69.8 Å². The van der Waals surface area contributed by atoms with Gasteiger partial charge in [0.2, 0.25) is 11.8 Å². The lowest BCUT2D eigenvalue weighted by molar-refractivity contribution is -0.142. The number of piperidine rings is 1. The zero-order valence-corrected chi connectivity index (χ0v) is 28.5. The molecule has 0 bridgehead atoms. The molecule has 2 aliphatic heterocycles. The highest BCUT2D eigenvalue weighted by molar-refractivity contribution is 7.90. The number of sulfone groups is 1. The first-order valence-electron chi connectivity index (χ1n) is 15.4. The number of hydrogen-bond acceptors (Lipinski definition) is 11. The van der Waals surface area contributed by atoms with Gasteiger partial charge in [-0.3, -0.25) is 14.6 Å². The number of anilines is 1. The average Bonchev–Trinajstić information content (AvgIpc) is 3.01. The minimum absolute atomic E-state index is 0.155. The van der Waals surface area contributed by atoms with Gasteiger partial charge in [0.05, 0.1) is 31.0 Å². The number of carbonyl (C=O) groups is 1. The summed E-state index contributed by atoms with van der Waals surface area (Å²) in [5.74, 6) is 1.88. The van der Waals surface area contributed by atoms with Crippen LogP contribution in [0, 0.1) is 5.92 Å². The number of aromatic nitrogens is 3. The molecule has 5 rings (SSSR count). The maximum absolute atomic E-state index is 11.7. The Balaban J connectivity index is 1.25. The number of nitrogens with zero attached hydrogens (tertiary/aromatic N) is 6. The van der Waals surface area contributed by atoms with Crippen LogP contribution in [0.25, 0.3) is 11.3 Å². The van der Waals surface area contributed by atoms with Crippen molar-refractivity contribution in [1.82, 2.24) is 24.8 Å². The molecule has 0 N–H and O–H groups in total. The maximum atomic E-state index is 11.7. The molecule has 14 heteroatoms. The van der Waals surface area contributed by atoms with Crippen LogP contribution in [0.4, 0.5) is 5.95 Å². The van der Waals surface area contributed by atoms with E-state index in [1.165, 1.54) is 13.4 Å². The van der Waals surface area contributed by atoms with E-state index in [-0.39, 0.29) is 11.7 Å². The second-order valence-corrected chi connectivity index (χ2v) is 15.1. The van der Waals surface area contributed by atoms with Gasteiger partial charge < -0.3 is 14.4 Å². The molecular formula is C32H40Cl2N6O5S. The van der Waals surface area contributed by atoms with Gasteiger partial charge in [0.15, 0.2) is 5.75 Å². The first kappa shape index (κ1) is 34.3. The Labute approximate surface area is 280 Å². The number of pyridine rings is 1. The van der Waals surface area contributed by atoms with E-state index in [1.807, 2.05) is 24.3 Å². The van der Waals surface area contributed by atoms with Gasteiger partial charge in [-0.05, 0) is 74.6 Å². The van der Waals surface area contributed by atoms with E-state index in [4.69, 9.17) is 37.7 Å². The Morgan fingerprint density at radius 2 is 1.61 bits per heavy atom. The lowest BCUT2D eigenvalue weighted by Gasteiger charge is -2.34. The minimum atomic E-state index is -2.94. The molecule has 2 aliphatic rings. The number of ether oxygens (including phenoxy) is 2. The third-order valence-corrected chi connectivity index (χ3v) is 9.76. The van der Waals surface area contributed by atoms with Gasteiger partial charge in [-0.1, -0.05) is 23.2 Å². The summed E-state index contributed by atoms with van der Waals surface area (Å²) in [7, 11) is -1.51. The lowest BCUT2D eigenvalue weighted by atomic mass is 9.93. The molecule has 0 atom stereocenters. The van der Waals surface area contributed by atoms with Gasteiger partial charge in [-0.25, -0.2) is 23.4 Å². The van der Waals surface area contributed by atoms with E-state index in [1.54, 1.807) is 18.5 Å². The van der Waals surface area contributed by atoms with Crippen molar-refractivity contribution < 1.29 is 22.7 Å². The second-order valence-electron chi connectivity index (χ2n) is 12.0. The first-order chi connectivity index (χ1) is 22.0. The van der Waals surface area contributed by atoms with Crippen molar-refractivity contribution in [3.63, 3.8) is 0 Å². The summed E-state index contributed by atoms with van der Waals surface area (Å²) in [6, 6.07) is 9.28. The molecule has 2 aromatic heterocycles. The molecule has 0 spiro atoms. The van der Waals surface area contributed by atoms with Crippen molar-refractivity contribution in [2.75, 3.05) is 69.8 Å². The standard InChI is InChI=1S/C32H40Cl2N6O5S/c1-44-31(41)16-23-4-7-39(8-5-23)22-24-14-29(25-17-26(33)19-27(34)18-25)37-30(15-24)45-28-20-35-32(36-21-28)40-11-9-38(10-12-40)6-3-13-46(2,42)43/h14-15,17-21,23H,3-13,16,22H2,1-2H3. The maximum Gasteiger partial charge on any atom is 0.305 e. The molecule has 0 aliphatic carbocycles. The van der Waals surface area contributed by atoms with Gasteiger partial charge in [0.1, 0.15) is 9.84 Å². The summed E-state index contributed by atoms with van der Waals surface area (Å²) in [5, 5.41) is 1.03. The number of esters is 1. The van der Waals surface area contributed by atoms with Crippen LogP contribution in [-0.2, 0) is 25.9 Å². The second kappa shape index (κ2) is 15.7. The number of benzene rings is 1. The van der Waals surface area contributed by atoms with E-state index in [0.29, 0.717) is 58.6 Å². The Morgan fingerprint density at radius 3 is 2.24 bits per heavy atom. The molecule has 0 saturated carbocycles. The van der Waals surface area contributed by atoms with Gasteiger partial charge in [0, 0.05) is 67.1 Å². The molecule has 0 radical (unpaired) electrons. The van der Waals surface area contributed by atoms with Crippen LogP contribution in [0.5, 0.6) is 11.6 Å². The summed E-state index contributed by atoms with van der Waals surface area (Å²) in [6.07, 6.45) is 7.54. The predicted octanol–water partition coefficient (Wildman–Crippen LogP) is 4.97. The summed E-state index contributed by atoms with van der Waals surface area (Å²) in [6.45, 7) is 6.37. The molecule has 1 aromatic carbocycles.